The number of aromatic nitrogens is 1. The molecule has 2 saturated heterocycles. The molecular formula is C20H25N3O3S. The van der Waals surface area contributed by atoms with Crippen molar-refractivity contribution in [1.82, 2.24) is 9.29 Å². The van der Waals surface area contributed by atoms with E-state index in [4.69, 9.17) is 4.74 Å². The second kappa shape index (κ2) is 7.58. The van der Waals surface area contributed by atoms with Gasteiger partial charge in [0.2, 0.25) is 10.0 Å². The number of benzene rings is 1. The molecule has 2 aliphatic rings. The predicted octanol–water partition coefficient (Wildman–Crippen LogP) is 2.75. The number of hydrogen-bond acceptors (Lipinski definition) is 5. The van der Waals surface area contributed by atoms with Crippen molar-refractivity contribution in [3.8, 4) is 0 Å². The molecule has 6 nitrogen and oxygen atoms in total. The smallest absolute Gasteiger partial charge is 0.243 e. The van der Waals surface area contributed by atoms with Crippen LogP contribution in [0, 0.1) is 6.92 Å². The lowest BCUT2D eigenvalue weighted by Gasteiger charge is -2.28. The molecule has 2 fully saturated rings. The third-order valence-corrected chi connectivity index (χ3v) is 7.24. The lowest BCUT2D eigenvalue weighted by atomic mass is 10.1. The number of aryl methyl sites for hydroxylation is 1. The molecule has 2 aliphatic heterocycles. The maximum Gasteiger partial charge on any atom is 0.243 e. The molecule has 0 amide bonds. The summed E-state index contributed by atoms with van der Waals surface area (Å²) in [5, 5.41) is 0. The first-order valence-corrected chi connectivity index (χ1v) is 10.9. The largest absolute Gasteiger partial charge is 0.378 e. The van der Waals surface area contributed by atoms with E-state index in [0.717, 1.165) is 42.9 Å². The first-order valence-electron chi connectivity index (χ1n) is 9.43. The SMILES string of the molecule is Cc1ccc(S(=O)(=O)N2CCC[C@H]2c2ccc(N3CCOCC3)nc2)cc1. The van der Waals surface area contributed by atoms with Crippen LogP contribution < -0.4 is 4.90 Å². The highest BCUT2D eigenvalue weighted by Gasteiger charge is 2.36. The third kappa shape index (κ3) is 3.72. The summed E-state index contributed by atoms with van der Waals surface area (Å²) in [5.41, 5.74) is 2.01. The minimum absolute atomic E-state index is 0.150. The summed E-state index contributed by atoms with van der Waals surface area (Å²) in [6, 6.07) is 10.9. The van der Waals surface area contributed by atoms with Gasteiger partial charge in [0.05, 0.1) is 24.2 Å². The zero-order valence-electron chi connectivity index (χ0n) is 15.5. The van der Waals surface area contributed by atoms with Gasteiger partial charge >= 0.3 is 0 Å². The number of nitrogens with zero attached hydrogens (tertiary/aromatic N) is 3. The van der Waals surface area contributed by atoms with Gasteiger partial charge < -0.3 is 9.64 Å². The maximum atomic E-state index is 13.1. The van der Waals surface area contributed by atoms with Crippen LogP contribution in [-0.2, 0) is 14.8 Å². The lowest BCUT2D eigenvalue weighted by molar-refractivity contribution is 0.122. The van der Waals surface area contributed by atoms with Crippen LogP contribution in [0.5, 0.6) is 0 Å². The fourth-order valence-electron chi connectivity index (χ4n) is 3.78. The molecule has 1 aromatic heterocycles. The Morgan fingerprint density at radius 3 is 2.44 bits per heavy atom. The Morgan fingerprint density at radius 2 is 1.78 bits per heavy atom. The minimum atomic E-state index is -3.50. The lowest BCUT2D eigenvalue weighted by Crippen LogP contribution is -2.36. The van der Waals surface area contributed by atoms with Crippen molar-refractivity contribution >= 4 is 15.8 Å². The normalized spacial score (nSPS) is 21.5. The minimum Gasteiger partial charge on any atom is -0.378 e. The van der Waals surface area contributed by atoms with Gasteiger partial charge in [-0.2, -0.15) is 4.31 Å². The van der Waals surface area contributed by atoms with E-state index in [0.29, 0.717) is 24.7 Å². The number of morpholine rings is 1. The molecule has 1 atom stereocenters. The number of ether oxygens (including phenoxy) is 1. The van der Waals surface area contributed by atoms with E-state index in [9.17, 15) is 8.42 Å². The van der Waals surface area contributed by atoms with E-state index in [1.54, 1.807) is 16.4 Å². The summed E-state index contributed by atoms with van der Waals surface area (Å²) in [7, 11) is -3.50. The molecule has 27 heavy (non-hydrogen) atoms. The maximum absolute atomic E-state index is 13.1. The average Bonchev–Trinajstić information content (AvgIpc) is 3.20. The number of sulfonamides is 1. The van der Waals surface area contributed by atoms with Crippen molar-refractivity contribution in [3.63, 3.8) is 0 Å². The number of rotatable bonds is 4. The van der Waals surface area contributed by atoms with Crippen LogP contribution in [0.3, 0.4) is 0 Å². The summed E-state index contributed by atoms with van der Waals surface area (Å²) >= 11 is 0. The monoisotopic (exact) mass is 387 g/mol. The van der Waals surface area contributed by atoms with Gasteiger partial charge in [0.15, 0.2) is 0 Å². The standard InChI is InChI=1S/C20H25N3O3S/c1-16-4-7-18(8-5-16)27(24,25)23-10-2-3-19(23)17-6-9-20(21-15-17)22-11-13-26-14-12-22/h4-9,15,19H,2-3,10-14H2,1H3/t19-/m0/s1. The molecule has 0 unspecified atom stereocenters. The van der Waals surface area contributed by atoms with Gasteiger partial charge in [0.25, 0.3) is 0 Å². The van der Waals surface area contributed by atoms with Gasteiger partial charge in [-0.3, -0.25) is 0 Å². The first kappa shape index (κ1) is 18.4. The van der Waals surface area contributed by atoms with Gasteiger partial charge in [0.1, 0.15) is 5.82 Å². The van der Waals surface area contributed by atoms with E-state index in [1.165, 1.54) is 0 Å². The highest BCUT2D eigenvalue weighted by Crippen LogP contribution is 2.36. The van der Waals surface area contributed by atoms with Gasteiger partial charge in [-0.25, -0.2) is 13.4 Å². The second-order valence-electron chi connectivity index (χ2n) is 7.14. The molecule has 0 N–H and O–H groups in total. The molecule has 0 saturated carbocycles. The van der Waals surface area contributed by atoms with Gasteiger partial charge in [-0.05, 0) is 43.5 Å². The van der Waals surface area contributed by atoms with Gasteiger partial charge in [-0.15, -0.1) is 0 Å². The molecule has 0 aliphatic carbocycles. The molecule has 7 heteroatoms. The van der Waals surface area contributed by atoms with Crippen molar-refractivity contribution in [2.75, 3.05) is 37.7 Å². The fourth-order valence-corrected chi connectivity index (χ4v) is 5.46. The summed E-state index contributed by atoms with van der Waals surface area (Å²) in [6.45, 7) is 5.61. The zero-order chi connectivity index (χ0) is 18.9. The first-order chi connectivity index (χ1) is 13.1. The van der Waals surface area contributed by atoms with Gasteiger partial charge in [0, 0.05) is 25.8 Å². The highest BCUT2D eigenvalue weighted by molar-refractivity contribution is 7.89. The third-order valence-electron chi connectivity index (χ3n) is 5.32. The Bertz CT molecular complexity index is 876. The summed E-state index contributed by atoms with van der Waals surface area (Å²) in [6.07, 6.45) is 3.52. The van der Waals surface area contributed by atoms with E-state index in [1.807, 2.05) is 37.4 Å². The summed E-state index contributed by atoms with van der Waals surface area (Å²) in [5.74, 6) is 0.924. The van der Waals surface area contributed by atoms with Crippen LogP contribution in [0.25, 0.3) is 0 Å². The van der Waals surface area contributed by atoms with Crippen molar-refractivity contribution in [2.24, 2.45) is 0 Å². The van der Waals surface area contributed by atoms with E-state index >= 15 is 0 Å². The zero-order valence-corrected chi connectivity index (χ0v) is 16.4. The Kier molecular flexibility index (Phi) is 5.16. The van der Waals surface area contributed by atoms with Crippen LogP contribution in [-0.4, -0.2) is 50.6 Å². The van der Waals surface area contributed by atoms with Crippen molar-refractivity contribution in [3.05, 3.63) is 53.7 Å². The molecule has 144 valence electrons. The van der Waals surface area contributed by atoms with E-state index < -0.39 is 10.0 Å². The molecular weight excluding hydrogens is 362 g/mol. The molecule has 0 bridgehead atoms. The van der Waals surface area contributed by atoms with Crippen LogP contribution in [0.4, 0.5) is 5.82 Å². The van der Waals surface area contributed by atoms with Crippen molar-refractivity contribution in [2.45, 2.75) is 30.7 Å². The average molecular weight is 388 g/mol. The van der Waals surface area contributed by atoms with Crippen molar-refractivity contribution in [1.29, 1.82) is 0 Å². The highest BCUT2D eigenvalue weighted by atomic mass is 32.2. The van der Waals surface area contributed by atoms with Crippen molar-refractivity contribution < 1.29 is 13.2 Å². The molecule has 0 radical (unpaired) electrons. The Hall–Kier alpha value is -1.96. The molecule has 1 aromatic carbocycles. The number of hydrogen-bond donors (Lipinski definition) is 0. The second-order valence-corrected chi connectivity index (χ2v) is 9.03. The van der Waals surface area contributed by atoms with Crippen LogP contribution in [0.2, 0.25) is 0 Å². The molecule has 2 aromatic rings. The van der Waals surface area contributed by atoms with E-state index in [2.05, 4.69) is 9.88 Å². The van der Waals surface area contributed by atoms with Gasteiger partial charge in [-0.1, -0.05) is 23.8 Å². The predicted molar refractivity (Wildman–Crippen MR) is 104 cm³/mol. The van der Waals surface area contributed by atoms with Crippen LogP contribution >= 0.6 is 0 Å². The Balaban J connectivity index is 1.56. The topological polar surface area (TPSA) is 62.7 Å². The summed E-state index contributed by atoms with van der Waals surface area (Å²) in [4.78, 5) is 7.15. The van der Waals surface area contributed by atoms with Crippen LogP contribution in [0.1, 0.15) is 30.0 Å². The van der Waals surface area contributed by atoms with E-state index in [-0.39, 0.29) is 6.04 Å². The molecule has 4 rings (SSSR count). The molecule has 0 spiro atoms. The van der Waals surface area contributed by atoms with Crippen LogP contribution in [0.15, 0.2) is 47.5 Å². The Morgan fingerprint density at radius 1 is 1.04 bits per heavy atom. The number of pyridine rings is 1. The molecule has 3 heterocycles. The number of anilines is 1. The quantitative estimate of drug-likeness (QED) is 0.807. The summed E-state index contributed by atoms with van der Waals surface area (Å²) < 4.78 is 33.3. The Labute approximate surface area is 160 Å². The fraction of sp³-hybridized carbons (Fsp3) is 0.450.